The van der Waals surface area contributed by atoms with E-state index in [2.05, 4.69) is 41.0 Å². The second-order valence-electron chi connectivity index (χ2n) is 9.34. The Morgan fingerprint density at radius 1 is 0.850 bits per heavy atom. The number of carbonyl (C=O) groups is 3. The largest absolute Gasteiger partial charge is 0.466 e. The monoisotopic (exact) mass is 546 g/mol. The number of amides is 1. The van der Waals surface area contributed by atoms with Crippen molar-refractivity contribution in [1.29, 1.82) is 0 Å². The first-order chi connectivity index (χ1) is 18.9. The van der Waals surface area contributed by atoms with E-state index in [1.807, 2.05) is 69.3 Å². The molecule has 0 aliphatic carbocycles. The molecule has 3 aromatic carbocycles. The molecule has 40 heavy (non-hydrogen) atoms. The zero-order valence-electron chi connectivity index (χ0n) is 24.4. The summed E-state index contributed by atoms with van der Waals surface area (Å²) < 4.78 is 4.49. The number of esters is 1. The lowest BCUT2D eigenvalue weighted by Gasteiger charge is -2.11. The zero-order valence-corrected chi connectivity index (χ0v) is 24.4. The van der Waals surface area contributed by atoms with Crippen LogP contribution in [0.2, 0.25) is 0 Å². The summed E-state index contributed by atoms with van der Waals surface area (Å²) in [5.74, 6) is -0.551. The minimum Gasteiger partial charge on any atom is -0.466 e. The van der Waals surface area contributed by atoms with Gasteiger partial charge in [-0.05, 0) is 71.4 Å². The van der Waals surface area contributed by atoms with Crippen molar-refractivity contribution in [3.8, 4) is 0 Å². The number of aryl methyl sites for hydroxylation is 3. The predicted octanol–water partition coefficient (Wildman–Crippen LogP) is 5.67. The number of nitrogens with two attached hydrogens (primary N) is 2. The summed E-state index contributed by atoms with van der Waals surface area (Å²) in [4.78, 5) is 32.1. The van der Waals surface area contributed by atoms with Crippen LogP contribution in [0.3, 0.4) is 0 Å². The van der Waals surface area contributed by atoms with Gasteiger partial charge in [-0.15, -0.1) is 0 Å². The number of ketones is 1. The number of hydrogen-bond donors (Lipinski definition) is 2. The molecule has 4 N–H and O–H groups in total. The van der Waals surface area contributed by atoms with Crippen molar-refractivity contribution in [1.82, 2.24) is 0 Å². The van der Waals surface area contributed by atoms with Gasteiger partial charge in [0.05, 0.1) is 18.7 Å². The number of carbonyl (C=O) groups excluding carboxylic acids is 3. The highest BCUT2D eigenvalue weighted by Gasteiger charge is 2.22. The van der Waals surface area contributed by atoms with Gasteiger partial charge in [-0.3, -0.25) is 14.4 Å². The third-order valence-corrected chi connectivity index (χ3v) is 5.32. The fourth-order valence-corrected chi connectivity index (χ4v) is 3.15. The summed E-state index contributed by atoms with van der Waals surface area (Å²) in [6, 6.07) is 23.8. The molecule has 0 bridgehead atoms. The minimum absolute atomic E-state index is 0.0475. The number of benzene rings is 3. The molecule has 0 spiro atoms. The van der Waals surface area contributed by atoms with Crippen LogP contribution in [0, 0.1) is 20.8 Å². The first-order valence-corrected chi connectivity index (χ1v) is 13.1. The number of nitrogens with zero attached hydrogens (tertiary/aromatic N) is 2. The zero-order chi connectivity index (χ0) is 30.1. The highest BCUT2D eigenvalue weighted by molar-refractivity contribution is 6.12. The Bertz CT molecular complexity index is 1210. The highest BCUT2D eigenvalue weighted by Crippen LogP contribution is 2.20. The van der Waals surface area contributed by atoms with E-state index < -0.39 is 5.97 Å². The van der Waals surface area contributed by atoms with Gasteiger partial charge in [-0.25, -0.2) is 5.01 Å². The molecule has 8 nitrogen and oxygen atoms in total. The van der Waals surface area contributed by atoms with E-state index in [0.717, 1.165) is 17.1 Å². The first kappa shape index (κ1) is 33.7. The molecule has 0 aromatic heterocycles. The van der Waals surface area contributed by atoms with E-state index in [4.69, 9.17) is 11.5 Å². The van der Waals surface area contributed by atoms with Crippen LogP contribution in [0.5, 0.6) is 0 Å². The van der Waals surface area contributed by atoms with E-state index in [-0.39, 0.29) is 18.1 Å². The number of ether oxygens (including phenoxy) is 1. The van der Waals surface area contributed by atoms with E-state index in [1.54, 1.807) is 6.92 Å². The van der Waals surface area contributed by atoms with Crippen molar-refractivity contribution in [2.75, 3.05) is 17.3 Å². The topological polar surface area (TPSA) is 128 Å². The summed E-state index contributed by atoms with van der Waals surface area (Å²) in [6.07, 6.45) is 0.335. The van der Waals surface area contributed by atoms with E-state index in [0.29, 0.717) is 19.6 Å². The van der Waals surface area contributed by atoms with Crippen LogP contribution in [0.25, 0.3) is 0 Å². The SMILES string of the molecule is CC1=NN(c2ccc(C)cc2)C(=O)C1.CCOC(=O)CC(C)=O.Cc1ccc(CN)cc1.Cc1ccc(N)cc1. The molecule has 1 aliphatic heterocycles. The normalized spacial score (nSPS) is 11.5. The van der Waals surface area contributed by atoms with E-state index in [9.17, 15) is 14.4 Å². The van der Waals surface area contributed by atoms with E-state index in [1.165, 1.54) is 34.2 Å². The van der Waals surface area contributed by atoms with Crippen molar-refractivity contribution < 1.29 is 19.1 Å². The molecule has 0 saturated carbocycles. The van der Waals surface area contributed by atoms with Gasteiger partial charge in [0.15, 0.2) is 0 Å². The van der Waals surface area contributed by atoms with Crippen molar-refractivity contribution >= 4 is 34.7 Å². The number of Topliss-reactive ketones (excluding diaryl/α,β-unsaturated/α-hetero) is 1. The average Bonchev–Trinajstić information content (AvgIpc) is 3.25. The molecule has 8 heteroatoms. The molecule has 214 valence electrons. The van der Waals surface area contributed by atoms with Gasteiger partial charge >= 0.3 is 5.97 Å². The Hall–Kier alpha value is -4.30. The second-order valence-corrected chi connectivity index (χ2v) is 9.34. The van der Waals surface area contributed by atoms with Crippen LogP contribution < -0.4 is 16.5 Å². The summed E-state index contributed by atoms with van der Waals surface area (Å²) in [5.41, 5.74) is 18.3. The quantitative estimate of drug-likeness (QED) is 0.241. The maximum absolute atomic E-state index is 11.5. The summed E-state index contributed by atoms with van der Waals surface area (Å²) >= 11 is 0. The minimum atomic E-state index is -0.440. The number of rotatable bonds is 5. The molecule has 0 saturated heterocycles. The van der Waals surface area contributed by atoms with Crippen LogP contribution in [-0.2, 0) is 25.7 Å². The molecule has 4 rings (SSSR count). The Morgan fingerprint density at radius 2 is 1.32 bits per heavy atom. The van der Waals surface area contributed by atoms with Crippen LogP contribution in [0.15, 0.2) is 77.9 Å². The summed E-state index contributed by atoms with van der Waals surface area (Å²) in [7, 11) is 0. The maximum atomic E-state index is 11.5. The van der Waals surface area contributed by atoms with Crippen molar-refractivity contribution in [2.24, 2.45) is 10.8 Å². The third kappa shape index (κ3) is 14.0. The van der Waals surface area contributed by atoms with Crippen molar-refractivity contribution in [2.45, 2.75) is 60.9 Å². The van der Waals surface area contributed by atoms with Gasteiger partial charge in [0.2, 0.25) is 0 Å². The highest BCUT2D eigenvalue weighted by atomic mass is 16.5. The molecule has 0 radical (unpaired) electrons. The summed E-state index contributed by atoms with van der Waals surface area (Å²) in [6.45, 7) is 12.0. The lowest BCUT2D eigenvalue weighted by Crippen LogP contribution is -2.19. The standard InChI is InChI=1S/C11H12N2O.C8H11N.C7H9N.C6H10O3/c1-8-3-5-10(6-4-8)13-11(14)7-9(2)12-13;1-7-2-4-8(6-9)5-3-7;1-6-2-4-7(8)5-3-6;1-3-9-6(8)4-5(2)7/h3-6H,7H2,1-2H3;2-5H,6,9H2,1H3;2-5H,8H2,1H3;3-4H2,1-2H3. The third-order valence-electron chi connectivity index (χ3n) is 5.32. The molecular weight excluding hydrogens is 504 g/mol. The van der Waals surface area contributed by atoms with Crippen molar-refractivity contribution in [3.63, 3.8) is 0 Å². The molecule has 3 aromatic rings. The lowest BCUT2D eigenvalue weighted by atomic mass is 10.2. The summed E-state index contributed by atoms with van der Waals surface area (Å²) in [5, 5.41) is 5.64. The van der Waals surface area contributed by atoms with E-state index >= 15 is 0 Å². The van der Waals surface area contributed by atoms with Gasteiger partial charge in [0, 0.05) is 17.9 Å². The molecular formula is C32H42N4O4. The number of anilines is 2. The Labute approximate surface area is 238 Å². The number of hydrazone groups is 1. The van der Waals surface area contributed by atoms with Crippen LogP contribution >= 0.6 is 0 Å². The second kappa shape index (κ2) is 18.1. The lowest BCUT2D eigenvalue weighted by molar-refractivity contribution is -0.145. The van der Waals surface area contributed by atoms with Crippen LogP contribution in [0.4, 0.5) is 11.4 Å². The Morgan fingerprint density at radius 3 is 1.70 bits per heavy atom. The van der Waals surface area contributed by atoms with Gasteiger partial charge in [0.25, 0.3) is 5.91 Å². The molecule has 0 atom stereocenters. The van der Waals surface area contributed by atoms with Gasteiger partial charge in [-0.1, -0.05) is 65.2 Å². The molecule has 1 heterocycles. The fourth-order valence-electron chi connectivity index (χ4n) is 3.15. The maximum Gasteiger partial charge on any atom is 0.313 e. The number of nitrogen functional groups attached to an aromatic ring is 1. The smallest absolute Gasteiger partial charge is 0.313 e. The van der Waals surface area contributed by atoms with Gasteiger partial charge in [0.1, 0.15) is 12.2 Å². The number of hydrogen-bond acceptors (Lipinski definition) is 7. The average molecular weight is 547 g/mol. The molecule has 0 unspecified atom stereocenters. The van der Waals surface area contributed by atoms with Gasteiger partial charge < -0.3 is 16.2 Å². The molecule has 0 fully saturated rings. The van der Waals surface area contributed by atoms with Crippen LogP contribution in [-0.4, -0.2) is 30.0 Å². The first-order valence-electron chi connectivity index (χ1n) is 13.1. The predicted molar refractivity (Wildman–Crippen MR) is 163 cm³/mol. The molecule has 1 amide bonds. The van der Waals surface area contributed by atoms with Crippen molar-refractivity contribution in [3.05, 3.63) is 95.1 Å². The Balaban J connectivity index is 0.000000275. The van der Waals surface area contributed by atoms with Crippen LogP contribution in [0.1, 0.15) is 55.9 Å². The molecule has 1 aliphatic rings. The fraction of sp³-hybridized carbons (Fsp3) is 0.312. The Kier molecular flexibility index (Phi) is 15.2. The van der Waals surface area contributed by atoms with Gasteiger partial charge in [-0.2, -0.15) is 5.10 Å².